The first-order valence-electron chi connectivity index (χ1n) is 7.98. The molecule has 2 N–H and O–H groups in total. The monoisotopic (exact) mass is 343 g/mol. The molecule has 0 aliphatic carbocycles. The Labute approximate surface area is 148 Å². The molecular weight excluding hydrogens is 318 g/mol. The number of hydrogen-bond donors (Lipinski definition) is 2. The Morgan fingerprint density at radius 3 is 1.96 bits per heavy atom. The van der Waals surface area contributed by atoms with E-state index in [0.717, 1.165) is 0 Å². The molecular formula is C20H25NO4. The van der Waals surface area contributed by atoms with Gasteiger partial charge in [0.05, 0.1) is 0 Å². The minimum atomic E-state index is -1.10. The summed E-state index contributed by atoms with van der Waals surface area (Å²) in [6.45, 7) is 6.79. The third-order valence-corrected chi connectivity index (χ3v) is 2.94. The van der Waals surface area contributed by atoms with Crippen LogP contribution in [0.15, 0.2) is 54.6 Å². The number of aryl methyl sites for hydroxylation is 1. The normalized spacial score (nSPS) is 10.2. The molecule has 0 atom stereocenters. The number of carboxylic acid groups (broad SMARTS) is 1. The maximum atomic E-state index is 10.8. The smallest absolute Gasteiger partial charge is 0.408 e. The van der Waals surface area contributed by atoms with Gasteiger partial charge in [-0.15, -0.1) is 0 Å². The number of carboxylic acids is 1. The van der Waals surface area contributed by atoms with Crippen molar-refractivity contribution in [1.29, 1.82) is 0 Å². The molecule has 0 bridgehead atoms. The topological polar surface area (TPSA) is 75.6 Å². The van der Waals surface area contributed by atoms with Gasteiger partial charge in [0, 0.05) is 0 Å². The zero-order valence-corrected chi connectivity index (χ0v) is 15.1. The lowest BCUT2D eigenvalue weighted by molar-refractivity contribution is -0.136. The van der Waals surface area contributed by atoms with E-state index in [1.54, 1.807) is 20.8 Å². The SMILES string of the molecule is CC(C)(C)OC(=O)NCC(=O)O.Cc1ccc(-c2ccccc2)cc1. The van der Waals surface area contributed by atoms with E-state index in [4.69, 9.17) is 9.84 Å². The lowest BCUT2D eigenvalue weighted by atomic mass is 10.0. The summed E-state index contributed by atoms with van der Waals surface area (Å²) in [5, 5.41) is 10.3. The molecule has 0 saturated heterocycles. The van der Waals surface area contributed by atoms with Gasteiger partial charge in [-0.05, 0) is 38.8 Å². The summed E-state index contributed by atoms with van der Waals surface area (Å²) in [6.07, 6.45) is -0.718. The Morgan fingerprint density at radius 1 is 0.960 bits per heavy atom. The van der Waals surface area contributed by atoms with Crippen molar-refractivity contribution in [3.8, 4) is 11.1 Å². The molecule has 2 rings (SSSR count). The average Bonchev–Trinajstić information content (AvgIpc) is 2.53. The first-order valence-corrected chi connectivity index (χ1v) is 7.98. The Morgan fingerprint density at radius 2 is 1.48 bits per heavy atom. The number of benzene rings is 2. The molecule has 25 heavy (non-hydrogen) atoms. The van der Waals surface area contributed by atoms with E-state index >= 15 is 0 Å². The Kier molecular flexibility index (Phi) is 7.66. The van der Waals surface area contributed by atoms with Gasteiger partial charge in [-0.1, -0.05) is 60.2 Å². The van der Waals surface area contributed by atoms with Gasteiger partial charge in [-0.25, -0.2) is 4.79 Å². The van der Waals surface area contributed by atoms with Gasteiger partial charge in [0.1, 0.15) is 12.1 Å². The molecule has 1 amide bonds. The van der Waals surface area contributed by atoms with Crippen molar-refractivity contribution in [2.24, 2.45) is 0 Å². The summed E-state index contributed by atoms with van der Waals surface area (Å²) < 4.78 is 4.77. The quantitative estimate of drug-likeness (QED) is 0.873. The maximum absolute atomic E-state index is 10.8. The molecule has 0 saturated carbocycles. The van der Waals surface area contributed by atoms with Gasteiger partial charge in [0.2, 0.25) is 0 Å². The third kappa shape index (κ3) is 9.15. The zero-order valence-electron chi connectivity index (χ0n) is 15.1. The van der Waals surface area contributed by atoms with E-state index in [9.17, 15) is 9.59 Å². The molecule has 0 heterocycles. The van der Waals surface area contributed by atoms with Crippen LogP contribution in [0.5, 0.6) is 0 Å². The second kappa shape index (κ2) is 9.47. The lowest BCUT2D eigenvalue weighted by Gasteiger charge is -2.19. The van der Waals surface area contributed by atoms with Crippen LogP contribution in [0.3, 0.4) is 0 Å². The summed E-state index contributed by atoms with van der Waals surface area (Å²) in [7, 11) is 0. The minimum absolute atomic E-state index is 0.422. The maximum Gasteiger partial charge on any atom is 0.408 e. The van der Waals surface area contributed by atoms with Gasteiger partial charge in [-0.3, -0.25) is 4.79 Å². The Bertz CT molecular complexity index is 673. The van der Waals surface area contributed by atoms with Crippen molar-refractivity contribution in [1.82, 2.24) is 5.32 Å². The summed E-state index contributed by atoms with van der Waals surface area (Å²) >= 11 is 0. The van der Waals surface area contributed by atoms with Gasteiger partial charge in [0.15, 0.2) is 0 Å². The molecule has 0 aliphatic rings. The predicted octanol–water partition coefficient (Wildman–Crippen LogP) is 4.26. The van der Waals surface area contributed by atoms with Crippen LogP contribution in [-0.4, -0.2) is 29.3 Å². The molecule has 5 heteroatoms. The van der Waals surface area contributed by atoms with Crippen molar-refractivity contribution in [2.45, 2.75) is 33.3 Å². The Hall–Kier alpha value is -2.82. The minimum Gasteiger partial charge on any atom is -0.480 e. The van der Waals surface area contributed by atoms with Crippen LogP contribution in [0.2, 0.25) is 0 Å². The number of alkyl carbamates (subject to hydrolysis) is 1. The van der Waals surface area contributed by atoms with Gasteiger partial charge in [-0.2, -0.15) is 0 Å². The number of ether oxygens (including phenoxy) is 1. The van der Waals surface area contributed by atoms with Crippen molar-refractivity contribution >= 4 is 12.1 Å². The molecule has 0 fully saturated rings. The molecule has 134 valence electrons. The predicted molar refractivity (Wildman–Crippen MR) is 98.5 cm³/mol. The highest BCUT2D eigenvalue weighted by Gasteiger charge is 2.16. The van der Waals surface area contributed by atoms with E-state index in [1.807, 2.05) is 6.07 Å². The second-order valence-corrected chi connectivity index (χ2v) is 6.48. The first-order chi connectivity index (χ1) is 11.7. The zero-order chi connectivity index (χ0) is 18.9. The third-order valence-electron chi connectivity index (χ3n) is 2.94. The number of carbonyl (C=O) groups excluding carboxylic acids is 1. The van der Waals surface area contributed by atoms with Gasteiger partial charge >= 0.3 is 12.1 Å². The average molecular weight is 343 g/mol. The fraction of sp³-hybridized carbons (Fsp3) is 0.300. The largest absolute Gasteiger partial charge is 0.480 e. The highest BCUT2D eigenvalue weighted by atomic mass is 16.6. The van der Waals surface area contributed by atoms with Crippen LogP contribution in [0, 0.1) is 6.92 Å². The highest BCUT2D eigenvalue weighted by Crippen LogP contribution is 2.18. The molecule has 5 nitrogen and oxygen atoms in total. The highest BCUT2D eigenvalue weighted by molar-refractivity contribution is 5.76. The van der Waals surface area contributed by atoms with Gasteiger partial charge in [0.25, 0.3) is 0 Å². The summed E-state index contributed by atoms with van der Waals surface area (Å²) in [6, 6.07) is 19.0. The fourth-order valence-electron chi connectivity index (χ4n) is 1.84. The van der Waals surface area contributed by atoms with E-state index in [1.165, 1.54) is 16.7 Å². The molecule has 0 unspecified atom stereocenters. The summed E-state index contributed by atoms with van der Waals surface area (Å²) in [5.41, 5.74) is 3.27. The summed E-state index contributed by atoms with van der Waals surface area (Å²) in [4.78, 5) is 20.8. The number of carbonyl (C=O) groups is 2. The number of aliphatic carboxylic acids is 1. The fourth-order valence-corrected chi connectivity index (χ4v) is 1.84. The van der Waals surface area contributed by atoms with Crippen LogP contribution in [0.25, 0.3) is 11.1 Å². The van der Waals surface area contributed by atoms with Crippen LogP contribution in [0.4, 0.5) is 4.79 Å². The number of hydrogen-bond acceptors (Lipinski definition) is 3. The van der Waals surface area contributed by atoms with E-state index in [-0.39, 0.29) is 0 Å². The van der Waals surface area contributed by atoms with Crippen molar-refractivity contribution in [3.63, 3.8) is 0 Å². The van der Waals surface area contributed by atoms with Crippen LogP contribution >= 0.6 is 0 Å². The van der Waals surface area contributed by atoms with E-state index in [0.29, 0.717) is 0 Å². The van der Waals surface area contributed by atoms with Crippen LogP contribution in [0.1, 0.15) is 26.3 Å². The molecule has 0 aliphatic heterocycles. The summed E-state index contributed by atoms with van der Waals surface area (Å²) in [5.74, 6) is -1.10. The number of amides is 1. The van der Waals surface area contributed by atoms with E-state index < -0.39 is 24.2 Å². The number of rotatable bonds is 3. The standard InChI is InChI=1S/C13H12.C7H13NO4/c1-11-7-9-13(10-8-11)12-5-3-2-4-6-12;1-7(2,3)12-6(11)8-4-5(9)10/h2-10H,1H3;4H2,1-3H3,(H,8,11)(H,9,10). The number of nitrogens with one attached hydrogen (secondary N) is 1. The van der Waals surface area contributed by atoms with Crippen molar-refractivity contribution in [2.75, 3.05) is 6.54 Å². The molecule has 0 radical (unpaired) electrons. The molecule has 0 spiro atoms. The van der Waals surface area contributed by atoms with E-state index in [2.05, 4.69) is 60.8 Å². The van der Waals surface area contributed by atoms with Gasteiger partial charge < -0.3 is 15.2 Å². The van der Waals surface area contributed by atoms with Crippen LogP contribution in [-0.2, 0) is 9.53 Å². The second-order valence-electron chi connectivity index (χ2n) is 6.48. The molecule has 2 aromatic carbocycles. The molecule has 0 aromatic heterocycles. The Balaban J connectivity index is 0.000000252. The van der Waals surface area contributed by atoms with Crippen LogP contribution < -0.4 is 5.32 Å². The first kappa shape index (κ1) is 20.2. The van der Waals surface area contributed by atoms with Crippen molar-refractivity contribution < 1.29 is 19.4 Å². The lowest BCUT2D eigenvalue weighted by Crippen LogP contribution is -2.35. The van der Waals surface area contributed by atoms with Crippen molar-refractivity contribution in [3.05, 3.63) is 60.2 Å². The molecule has 2 aromatic rings.